The lowest BCUT2D eigenvalue weighted by Crippen LogP contribution is -2.58. The fourth-order valence-corrected chi connectivity index (χ4v) is 6.71. The predicted molar refractivity (Wildman–Crippen MR) is 88.4 cm³/mol. The molecule has 5 atom stereocenters. The van der Waals surface area contributed by atoms with Crippen molar-refractivity contribution in [1.29, 1.82) is 0 Å². The van der Waals surface area contributed by atoms with Crippen LogP contribution in [0, 0.1) is 34.0 Å². The lowest BCUT2D eigenvalue weighted by atomic mass is 9.40. The van der Waals surface area contributed by atoms with E-state index in [0.29, 0.717) is 16.7 Å². The highest BCUT2D eigenvalue weighted by atomic mass is 16.1. The Hall–Kier alpha value is -0.920. The molecule has 3 aliphatic rings. The first-order chi connectivity index (χ1) is 10.3. The first-order valence-corrected chi connectivity index (χ1v) is 8.90. The van der Waals surface area contributed by atoms with Crippen molar-refractivity contribution in [2.24, 2.45) is 34.0 Å². The maximum absolute atomic E-state index is 11.8. The number of fused-ring (bicyclic) bond motifs is 3. The number of allylic oxidation sites excluding steroid dienone is 2. The molecule has 0 amide bonds. The molecular weight excluding hydrogens is 272 g/mol. The molecule has 2 fully saturated rings. The molecule has 0 aromatic carbocycles. The first kappa shape index (κ1) is 16.0. The molecule has 0 aromatic rings. The Bertz CT molecular complexity index is 518. The summed E-state index contributed by atoms with van der Waals surface area (Å²) < 4.78 is 0. The zero-order chi connectivity index (χ0) is 16.2. The van der Waals surface area contributed by atoms with Crippen molar-refractivity contribution in [3.05, 3.63) is 11.6 Å². The Morgan fingerprint density at radius 1 is 1.00 bits per heavy atom. The van der Waals surface area contributed by atoms with Gasteiger partial charge in [0.05, 0.1) is 0 Å². The van der Waals surface area contributed by atoms with Gasteiger partial charge in [-0.1, -0.05) is 40.2 Å². The minimum atomic E-state index is -0.202. The Morgan fingerprint density at radius 2 is 1.73 bits per heavy atom. The van der Waals surface area contributed by atoms with Crippen LogP contribution in [0.3, 0.4) is 0 Å². The Morgan fingerprint density at radius 3 is 2.36 bits per heavy atom. The van der Waals surface area contributed by atoms with Gasteiger partial charge in [0.15, 0.2) is 0 Å². The topological polar surface area (TPSA) is 34.1 Å². The van der Waals surface area contributed by atoms with Crippen molar-refractivity contribution in [3.8, 4) is 0 Å². The van der Waals surface area contributed by atoms with E-state index in [0.717, 1.165) is 36.9 Å². The van der Waals surface area contributed by atoms with Gasteiger partial charge in [-0.25, -0.2) is 0 Å². The molecule has 0 heterocycles. The van der Waals surface area contributed by atoms with Gasteiger partial charge in [0.1, 0.15) is 12.6 Å². The highest BCUT2D eigenvalue weighted by Crippen LogP contribution is 2.67. The van der Waals surface area contributed by atoms with Crippen molar-refractivity contribution in [3.63, 3.8) is 0 Å². The van der Waals surface area contributed by atoms with Gasteiger partial charge in [0, 0.05) is 5.92 Å². The molecule has 2 heteroatoms. The van der Waals surface area contributed by atoms with Crippen LogP contribution >= 0.6 is 0 Å². The largest absolute Gasteiger partial charge is 0.303 e. The standard InChI is InChI=1S/C20H30O2/c1-18(2)9-5-10-20(4)16(18)8-11-19(3)15(13-22)14(12-21)6-7-17(19)20/h6,12-13,15-17H,5,7-11H2,1-4H3/t15?,16-,17?,19-,20-/m0/s1. The van der Waals surface area contributed by atoms with Crippen LogP contribution in [0.1, 0.15) is 66.2 Å². The summed E-state index contributed by atoms with van der Waals surface area (Å²) in [6.45, 7) is 9.62. The van der Waals surface area contributed by atoms with Gasteiger partial charge in [-0.05, 0) is 65.8 Å². The molecule has 2 nitrogen and oxygen atoms in total. The Kier molecular flexibility index (Phi) is 3.66. The molecule has 2 unspecified atom stereocenters. The average molecular weight is 302 g/mol. The van der Waals surface area contributed by atoms with E-state index in [1.54, 1.807) is 0 Å². The van der Waals surface area contributed by atoms with Crippen molar-refractivity contribution in [2.75, 3.05) is 0 Å². The van der Waals surface area contributed by atoms with Gasteiger partial charge < -0.3 is 4.79 Å². The highest BCUT2D eigenvalue weighted by molar-refractivity contribution is 5.82. The van der Waals surface area contributed by atoms with E-state index in [-0.39, 0.29) is 11.3 Å². The molecule has 0 spiro atoms. The maximum Gasteiger partial charge on any atom is 0.146 e. The molecule has 0 aromatic heterocycles. The van der Waals surface area contributed by atoms with Crippen LogP contribution in [0.15, 0.2) is 11.6 Å². The summed E-state index contributed by atoms with van der Waals surface area (Å²) in [6.07, 6.45) is 11.2. The third-order valence-corrected chi connectivity index (χ3v) is 7.77. The fraction of sp³-hybridized carbons (Fsp3) is 0.800. The summed E-state index contributed by atoms with van der Waals surface area (Å²) in [5, 5.41) is 0. The van der Waals surface area contributed by atoms with Gasteiger partial charge >= 0.3 is 0 Å². The number of hydrogen-bond donors (Lipinski definition) is 0. The van der Waals surface area contributed by atoms with Gasteiger partial charge in [0.2, 0.25) is 0 Å². The lowest BCUT2D eigenvalue weighted by molar-refractivity contribution is -0.151. The minimum Gasteiger partial charge on any atom is -0.303 e. The van der Waals surface area contributed by atoms with E-state index >= 15 is 0 Å². The molecule has 3 rings (SSSR count). The number of rotatable bonds is 2. The van der Waals surface area contributed by atoms with E-state index in [9.17, 15) is 9.59 Å². The van der Waals surface area contributed by atoms with E-state index in [1.165, 1.54) is 25.7 Å². The molecule has 0 saturated heterocycles. The van der Waals surface area contributed by atoms with E-state index in [1.807, 2.05) is 0 Å². The van der Waals surface area contributed by atoms with Crippen molar-refractivity contribution in [2.45, 2.75) is 66.2 Å². The summed E-state index contributed by atoms with van der Waals surface area (Å²) in [5.41, 5.74) is 1.40. The van der Waals surface area contributed by atoms with Gasteiger partial charge in [-0.15, -0.1) is 0 Å². The second-order valence-electron chi connectivity index (χ2n) is 9.17. The second-order valence-corrected chi connectivity index (χ2v) is 9.17. The summed E-state index contributed by atoms with van der Waals surface area (Å²) in [4.78, 5) is 23.2. The van der Waals surface area contributed by atoms with Crippen LogP contribution in [-0.4, -0.2) is 12.6 Å². The predicted octanol–water partition coefficient (Wildman–Crippen LogP) is 4.58. The second kappa shape index (κ2) is 5.04. The van der Waals surface area contributed by atoms with Crippen molar-refractivity contribution >= 4 is 12.6 Å². The van der Waals surface area contributed by atoms with Crippen molar-refractivity contribution in [1.82, 2.24) is 0 Å². The average Bonchev–Trinajstić information content (AvgIpc) is 2.44. The fourth-order valence-electron chi connectivity index (χ4n) is 6.71. The van der Waals surface area contributed by atoms with Crippen molar-refractivity contribution < 1.29 is 9.59 Å². The molecule has 22 heavy (non-hydrogen) atoms. The molecule has 0 radical (unpaired) electrons. The summed E-state index contributed by atoms with van der Waals surface area (Å²) in [6, 6.07) is 0. The summed E-state index contributed by atoms with van der Waals surface area (Å²) in [5.74, 6) is 1.06. The van der Waals surface area contributed by atoms with Gasteiger partial charge in [-0.3, -0.25) is 4.79 Å². The molecule has 2 saturated carbocycles. The SMILES string of the molecule is CC1(C)CCC[C@]2(C)C3CC=C(C=O)C(C=O)[C@]3(C)CC[C@@H]12. The van der Waals surface area contributed by atoms with E-state index in [2.05, 4.69) is 33.8 Å². The third kappa shape index (κ3) is 1.98. The van der Waals surface area contributed by atoms with Gasteiger partial charge in [0.25, 0.3) is 0 Å². The van der Waals surface area contributed by atoms with Crippen LogP contribution in [0.4, 0.5) is 0 Å². The normalized spacial score (nSPS) is 46.9. The lowest BCUT2D eigenvalue weighted by Gasteiger charge is -2.64. The number of hydrogen-bond acceptors (Lipinski definition) is 2. The smallest absolute Gasteiger partial charge is 0.146 e. The molecular formula is C20H30O2. The molecule has 0 bridgehead atoms. The molecule has 0 N–H and O–H groups in total. The molecule has 3 aliphatic carbocycles. The number of carbonyl (C=O) groups is 2. The maximum atomic E-state index is 11.8. The minimum absolute atomic E-state index is 0.0363. The van der Waals surface area contributed by atoms with E-state index < -0.39 is 0 Å². The zero-order valence-corrected chi connectivity index (χ0v) is 14.5. The van der Waals surface area contributed by atoms with Crippen LogP contribution in [0.25, 0.3) is 0 Å². The first-order valence-electron chi connectivity index (χ1n) is 8.90. The number of aldehydes is 2. The Balaban J connectivity index is 2.06. The quantitative estimate of drug-likeness (QED) is 0.700. The summed E-state index contributed by atoms with van der Waals surface area (Å²) in [7, 11) is 0. The van der Waals surface area contributed by atoms with Crippen LogP contribution in [0.2, 0.25) is 0 Å². The number of carbonyl (C=O) groups excluding carboxylic acids is 2. The molecule has 122 valence electrons. The monoisotopic (exact) mass is 302 g/mol. The highest BCUT2D eigenvalue weighted by Gasteiger charge is 2.60. The zero-order valence-electron chi connectivity index (χ0n) is 14.5. The molecule has 0 aliphatic heterocycles. The van der Waals surface area contributed by atoms with E-state index in [4.69, 9.17) is 0 Å². The van der Waals surface area contributed by atoms with Crippen LogP contribution in [-0.2, 0) is 9.59 Å². The summed E-state index contributed by atoms with van der Waals surface area (Å²) >= 11 is 0. The Labute approximate surface area is 134 Å². The van der Waals surface area contributed by atoms with Gasteiger partial charge in [-0.2, -0.15) is 0 Å². The van der Waals surface area contributed by atoms with Crippen LogP contribution < -0.4 is 0 Å². The third-order valence-electron chi connectivity index (χ3n) is 7.77. The van der Waals surface area contributed by atoms with Crippen LogP contribution in [0.5, 0.6) is 0 Å².